The van der Waals surface area contributed by atoms with E-state index in [4.69, 9.17) is 5.11 Å². The lowest BCUT2D eigenvalue weighted by Gasteiger charge is -2.08. The molecule has 0 aromatic heterocycles. The Hall–Kier alpha value is 1.28. The van der Waals surface area contributed by atoms with Gasteiger partial charge in [0.15, 0.2) is 0 Å². The first-order chi connectivity index (χ1) is 7.86. The molecule has 3 heterocycles. The summed E-state index contributed by atoms with van der Waals surface area (Å²) in [6.45, 7) is 0.167. The lowest BCUT2D eigenvalue weighted by atomic mass is 10.7. The van der Waals surface area contributed by atoms with Crippen molar-refractivity contribution in [1.29, 1.82) is 0 Å². The van der Waals surface area contributed by atoms with Crippen LogP contribution in [0.2, 0.25) is 0 Å². The molecule has 0 unspecified atom stereocenters. The molecule has 0 saturated heterocycles. The zero-order chi connectivity index (χ0) is 11.0. The Morgan fingerprint density at radius 3 is 2.19 bits per heavy atom. The molecule has 0 aliphatic carbocycles. The maximum absolute atomic E-state index is 9.08. The normalized spacial score (nSPS) is 25.2. The van der Waals surface area contributed by atoms with E-state index in [1.807, 2.05) is 47.0 Å². The Bertz CT molecular complexity index is 390. The summed E-state index contributed by atoms with van der Waals surface area (Å²) in [6.07, 6.45) is 0. The van der Waals surface area contributed by atoms with Gasteiger partial charge in [0.05, 0.1) is 23.6 Å². The van der Waals surface area contributed by atoms with Crippen LogP contribution in [0, 0.1) is 0 Å². The van der Waals surface area contributed by atoms with Gasteiger partial charge in [-0.2, -0.15) is 0 Å². The van der Waals surface area contributed by atoms with Gasteiger partial charge in [-0.1, -0.05) is 47.0 Å². The third kappa shape index (κ3) is 2.50. The van der Waals surface area contributed by atoms with Gasteiger partial charge in [-0.15, -0.1) is 23.5 Å². The van der Waals surface area contributed by atoms with Crippen LogP contribution in [0.3, 0.4) is 0 Å². The fourth-order valence-corrected chi connectivity index (χ4v) is 9.68. The van der Waals surface area contributed by atoms with Crippen LogP contribution in [0.4, 0.5) is 0 Å². The first-order valence-corrected chi connectivity index (χ1v) is 9.91. The summed E-state index contributed by atoms with van der Waals surface area (Å²) in [7, 11) is 0. The Morgan fingerprint density at radius 2 is 1.62 bits per heavy atom. The van der Waals surface area contributed by atoms with E-state index >= 15 is 0 Å². The van der Waals surface area contributed by atoms with Crippen molar-refractivity contribution < 1.29 is 5.11 Å². The van der Waals surface area contributed by atoms with Crippen LogP contribution in [0.15, 0.2) is 27.3 Å². The summed E-state index contributed by atoms with van der Waals surface area (Å²) in [6, 6.07) is 0. The molecule has 0 atom stereocenters. The number of thioether (sulfide) groups is 6. The molecular formula is C9H8OS6. The molecule has 0 aromatic carbocycles. The number of rotatable bonds is 1. The molecular weight excluding hydrogens is 316 g/mol. The van der Waals surface area contributed by atoms with Crippen LogP contribution in [-0.4, -0.2) is 23.2 Å². The lowest BCUT2D eigenvalue weighted by Crippen LogP contribution is -1.88. The molecule has 7 heteroatoms. The summed E-state index contributed by atoms with van der Waals surface area (Å²) in [4.78, 5) is 1.07. The second-order valence-corrected chi connectivity index (χ2v) is 10.3. The van der Waals surface area contributed by atoms with Gasteiger partial charge in [0.1, 0.15) is 0 Å². The summed E-state index contributed by atoms with van der Waals surface area (Å²) in [5.74, 6) is 2.47. The predicted molar refractivity (Wildman–Crippen MR) is 84.5 cm³/mol. The van der Waals surface area contributed by atoms with Crippen molar-refractivity contribution >= 4 is 70.6 Å². The maximum atomic E-state index is 9.08. The predicted octanol–water partition coefficient (Wildman–Crippen LogP) is 4.51. The standard InChI is InChI=1S/C9H8OS6/c10-3-5-4-13-8(14-5)9-15-6-7(16-9)12-2-1-11-6/h4,10H,1-3H2. The fourth-order valence-electron chi connectivity index (χ4n) is 1.25. The number of hydrogen-bond acceptors (Lipinski definition) is 7. The first kappa shape index (κ1) is 12.3. The van der Waals surface area contributed by atoms with E-state index < -0.39 is 0 Å². The maximum Gasteiger partial charge on any atom is 0.0749 e. The lowest BCUT2D eigenvalue weighted by molar-refractivity contribution is 0.340. The first-order valence-electron chi connectivity index (χ1n) is 4.61. The smallest absolute Gasteiger partial charge is 0.0749 e. The van der Waals surface area contributed by atoms with Gasteiger partial charge in [0.2, 0.25) is 0 Å². The van der Waals surface area contributed by atoms with Crippen LogP contribution < -0.4 is 0 Å². The van der Waals surface area contributed by atoms with Crippen molar-refractivity contribution in [2.24, 2.45) is 0 Å². The second kappa shape index (κ2) is 5.50. The minimum atomic E-state index is 0.167. The molecule has 0 amide bonds. The molecule has 3 rings (SSSR count). The van der Waals surface area contributed by atoms with Crippen LogP contribution in [0.5, 0.6) is 0 Å². The Balaban J connectivity index is 1.74. The van der Waals surface area contributed by atoms with E-state index in [-0.39, 0.29) is 6.61 Å². The minimum absolute atomic E-state index is 0.167. The zero-order valence-corrected chi connectivity index (χ0v) is 13.0. The average molecular weight is 325 g/mol. The molecule has 0 aromatic rings. The third-order valence-corrected chi connectivity index (χ3v) is 10.6. The van der Waals surface area contributed by atoms with Crippen molar-refractivity contribution in [2.45, 2.75) is 0 Å². The largest absolute Gasteiger partial charge is 0.391 e. The number of aliphatic hydroxyl groups excluding tert-OH is 1. The van der Waals surface area contributed by atoms with E-state index in [9.17, 15) is 0 Å². The molecule has 1 nitrogen and oxygen atoms in total. The number of hydrogen-bond donors (Lipinski definition) is 1. The molecule has 16 heavy (non-hydrogen) atoms. The Kier molecular flexibility index (Phi) is 4.24. The van der Waals surface area contributed by atoms with Gasteiger partial charge in [-0.05, 0) is 5.41 Å². The molecule has 86 valence electrons. The SMILES string of the molecule is OCC1=CSC(=C2SC3=C(SCCS3)S2)S1. The van der Waals surface area contributed by atoms with E-state index in [0.717, 1.165) is 4.91 Å². The van der Waals surface area contributed by atoms with Crippen molar-refractivity contribution in [1.82, 2.24) is 0 Å². The molecule has 0 bridgehead atoms. The van der Waals surface area contributed by atoms with E-state index in [0.29, 0.717) is 0 Å². The molecule has 0 radical (unpaired) electrons. The molecule has 1 N–H and O–H groups in total. The molecule has 3 aliphatic heterocycles. The van der Waals surface area contributed by atoms with Crippen LogP contribution in [0.25, 0.3) is 0 Å². The fraction of sp³-hybridized carbons (Fsp3) is 0.333. The van der Waals surface area contributed by atoms with Crippen LogP contribution >= 0.6 is 70.6 Å². The minimum Gasteiger partial charge on any atom is -0.391 e. The highest BCUT2D eigenvalue weighted by Gasteiger charge is 2.28. The number of aliphatic hydroxyl groups is 1. The van der Waals surface area contributed by atoms with E-state index in [1.165, 1.54) is 28.5 Å². The van der Waals surface area contributed by atoms with Crippen molar-refractivity contribution in [3.8, 4) is 0 Å². The summed E-state index contributed by atoms with van der Waals surface area (Å²) < 4.78 is 5.72. The van der Waals surface area contributed by atoms with Gasteiger partial charge in [-0.25, -0.2) is 0 Å². The van der Waals surface area contributed by atoms with E-state index in [1.54, 1.807) is 23.5 Å². The third-order valence-electron chi connectivity index (χ3n) is 1.93. The van der Waals surface area contributed by atoms with Crippen molar-refractivity contribution in [3.63, 3.8) is 0 Å². The highest BCUT2D eigenvalue weighted by atomic mass is 32.3. The zero-order valence-electron chi connectivity index (χ0n) is 8.10. The van der Waals surface area contributed by atoms with Crippen LogP contribution in [0.1, 0.15) is 0 Å². The highest BCUT2D eigenvalue weighted by molar-refractivity contribution is 8.43. The topological polar surface area (TPSA) is 20.2 Å². The van der Waals surface area contributed by atoms with Crippen molar-refractivity contribution in [2.75, 3.05) is 18.1 Å². The van der Waals surface area contributed by atoms with Gasteiger partial charge in [-0.3, -0.25) is 0 Å². The quantitative estimate of drug-likeness (QED) is 0.755. The summed E-state index contributed by atoms with van der Waals surface area (Å²) in [5, 5.41) is 11.1. The molecule has 0 fully saturated rings. The summed E-state index contributed by atoms with van der Waals surface area (Å²) in [5.41, 5.74) is 0. The van der Waals surface area contributed by atoms with Gasteiger partial charge in [0, 0.05) is 16.4 Å². The molecule has 0 saturated carbocycles. The highest BCUT2D eigenvalue weighted by Crippen LogP contribution is 2.63. The second-order valence-electron chi connectivity index (χ2n) is 3.01. The van der Waals surface area contributed by atoms with Crippen molar-refractivity contribution in [3.05, 3.63) is 27.3 Å². The van der Waals surface area contributed by atoms with Gasteiger partial charge >= 0.3 is 0 Å². The van der Waals surface area contributed by atoms with Crippen LogP contribution in [-0.2, 0) is 0 Å². The van der Waals surface area contributed by atoms with Gasteiger partial charge < -0.3 is 5.11 Å². The Labute approximate surface area is 120 Å². The summed E-state index contributed by atoms with van der Waals surface area (Å²) >= 11 is 11.3. The van der Waals surface area contributed by atoms with Gasteiger partial charge in [0.25, 0.3) is 0 Å². The molecule has 3 aliphatic rings. The molecule has 0 spiro atoms. The Morgan fingerprint density at radius 1 is 0.938 bits per heavy atom. The van der Waals surface area contributed by atoms with E-state index in [2.05, 4.69) is 5.41 Å². The monoisotopic (exact) mass is 324 g/mol. The average Bonchev–Trinajstić information content (AvgIpc) is 2.95.